The monoisotopic (exact) mass is 351 g/mol. The van der Waals surface area contributed by atoms with Crippen LogP contribution in [0.2, 0.25) is 0 Å². The molecular weight excluding hydrogens is 341 g/mol. The molecule has 2 aliphatic rings. The quantitative estimate of drug-likeness (QED) is 0.859. The molecule has 0 unspecified atom stereocenters. The number of carbonyl (C=O) groups excluding carboxylic acids is 1. The Labute approximate surface area is 128 Å². The summed E-state index contributed by atoms with van der Waals surface area (Å²) in [5, 5.41) is 6.78. The van der Waals surface area contributed by atoms with Gasteiger partial charge in [0.05, 0.1) is 21.4 Å². The first-order valence-electron chi connectivity index (χ1n) is 6.53. The summed E-state index contributed by atoms with van der Waals surface area (Å²) in [6, 6.07) is 3.01. The molecule has 2 aromatic rings. The van der Waals surface area contributed by atoms with Crippen LogP contribution in [0, 0.1) is 5.82 Å². The molecule has 1 saturated carbocycles. The zero-order chi connectivity index (χ0) is 14.8. The van der Waals surface area contributed by atoms with Gasteiger partial charge in [-0.25, -0.2) is 4.39 Å². The van der Waals surface area contributed by atoms with Crippen molar-refractivity contribution in [2.75, 3.05) is 5.32 Å². The van der Waals surface area contributed by atoms with E-state index in [9.17, 15) is 9.18 Å². The maximum absolute atomic E-state index is 14.4. The Balaban J connectivity index is 1.92. The minimum atomic E-state index is -0.767. The SMILES string of the molecule is Cn1nccc1-c1c(F)cc2c(c1Br)OC1(CC1)C(=O)N2. The number of ether oxygens (including phenoxy) is 1. The summed E-state index contributed by atoms with van der Waals surface area (Å²) in [6.45, 7) is 0. The Morgan fingerprint density at radius 2 is 2.29 bits per heavy atom. The van der Waals surface area contributed by atoms with Crippen molar-refractivity contribution in [3.63, 3.8) is 0 Å². The van der Waals surface area contributed by atoms with Crippen molar-refractivity contribution in [1.29, 1.82) is 0 Å². The van der Waals surface area contributed by atoms with Crippen LogP contribution in [0.5, 0.6) is 5.75 Å². The maximum atomic E-state index is 14.4. The molecule has 1 aromatic carbocycles. The first-order valence-corrected chi connectivity index (χ1v) is 7.32. The molecule has 0 radical (unpaired) electrons. The molecule has 21 heavy (non-hydrogen) atoms. The van der Waals surface area contributed by atoms with Gasteiger partial charge in [-0.3, -0.25) is 9.48 Å². The first kappa shape index (κ1) is 12.8. The van der Waals surface area contributed by atoms with Gasteiger partial charge in [-0.05, 0) is 22.0 Å². The van der Waals surface area contributed by atoms with Crippen LogP contribution in [0.25, 0.3) is 11.3 Å². The van der Waals surface area contributed by atoms with Crippen LogP contribution in [0.3, 0.4) is 0 Å². The minimum absolute atomic E-state index is 0.199. The molecule has 0 saturated heterocycles. The number of aryl methyl sites for hydroxylation is 1. The standard InChI is InChI=1S/C14H11BrFN3O2/c1-19-9(2-5-17-19)10-7(16)6-8-12(11(10)15)21-14(3-4-14)13(20)18-8/h2,5-6H,3-4H2,1H3,(H,18,20). The number of amides is 1. The number of fused-ring (bicyclic) bond motifs is 1. The highest BCUT2D eigenvalue weighted by Crippen LogP contribution is 2.51. The van der Waals surface area contributed by atoms with Crippen molar-refractivity contribution < 1.29 is 13.9 Å². The molecule has 1 spiro atoms. The average molecular weight is 352 g/mol. The van der Waals surface area contributed by atoms with Gasteiger partial charge in [0.1, 0.15) is 5.82 Å². The van der Waals surface area contributed by atoms with Gasteiger partial charge in [0.25, 0.3) is 5.91 Å². The van der Waals surface area contributed by atoms with Crippen molar-refractivity contribution in [2.45, 2.75) is 18.4 Å². The Morgan fingerprint density at radius 3 is 2.90 bits per heavy atom. The van der Waals surface area contributed by atoms with Crippen LogP contribution in [0.4, 0.5) is 10.1 Å². The average Bonchev–Trinajstić information content (AvgIpc) is 3.10. The zero-order valence-corrected chi connectivity index (χ0v) is 12.7. The van der Waals surface area contributed by atoms with E-state index in [-0.39, 0.29) is 5.91 Å². The lowest BCUT2D eigenvalue weighted by molar-refractivity contribution is -0.125. The third kappa shape index (κ3) is 1.73. The largest absolute Gasteiger partial charge is 0.474 e. The summed E-state index contributed by atoms with van der Waals surface area (Å²) in [6.07, 6.45) is 2.97. The highest BCUT2D eigenvalue weighted by molar-refractivity contribution is 9.10. The van der Waals surface area contributed by atoms with Crippen LogP contribution in [-0.2, 0) is 11.8 Å². The van der Waals surface area contributed by atoms with Crippen molar-refractivity contribution in [3.8, 4) is 17.0 Å². The summed E-state index contributed by atoms with van der Waals surface area (Å²) >= 11 is 3.42. The summed E-state index contributed by atoms with van der Waals surface area (Å²) in [5.74, 6) is -0.167. The maximum Gasteiger partial charge on any atom is 0.268 e. The Kier molecular flexibility index (Phi) is 2.48. The third-order valence-corrected chi connectivity index (χ3v) is 4.67. The topological polar surface area (TPSA) is 56.2 Å². The highest BCUT2D eigenvalue weighted by atomic mass is 79.9. The molecule has 1 aliphatic heterocycles. The van der Waals surface area contributed by atoms with Gasteiger partial charge in [-0.15, -0.1) is 0 Å². The normalized spacial score (nSPS) is 18.1. The van der Waals surface area contributed by atoms with E-state index in [0.717, 1.165) is 0 Å². The number of halogens is 2. The Morgan fingerprint density at radius 1 is 1.52 bits per heavy atom. The van der Waals surface area contributed by atoms with Crippen LogP contribution in [0.1, 0.15) is 12.8 Å². The fourth-order valence-electron chi connectivity index (χ4n) is 2.57. The van der Waals surface area contributed by atoms with E-state index in [4.69, 9.17) is 4.74 Å². The summed E-state index contributed by atoms with van der Waals surface area (Å²) < 4.78 is 22.4. The lowest BCUT2D eigenvalue weighted by Crippen LogP contribution is -2.39. The van der Waals surface area contributed by atoms with E-state index in [1.54, 1.807) is 24.0 Å². The number of hydrogen-bond donors (Lipinski definition) is 1. The van der Waals surface area contributed by atoms with Crippen LogP contribution in [-0.4, -0.2) is 21.3 Å². The molecule has 0 atom stereocenters. The molecule has 5 nitrogen and oxygen atoms in total. The molecule has 1 fully saturated rings. The molecule has 1 N–H and O–H groups in total. The van der Waals surface area contributed by atoms with Gasteiger partial charge in [-0.1, -0.05) is 0 Å². The molecule has 108 valence electrons. The molecular formula is C14H11BrFN3O2. The highest BCUT2D eigenvalue weighted by Gasteiger charge is 2.56. The molecule has 1 amide bonds. The predicted molar refractivity (Wildman–Crippen MR) is 77.5 cm³/mol. The third-order valence-electron chi connectivity index (χ3n) is 3.91. The lowest BCUT2D eigenvalue weighted by atomic mass is 10.1. The van der Waals surface area contributed by atoms with Gasteiger partial charge in [0.2, 0.25) is 0 Å². The fourth-order valence-corrected chi connectivity index (χ4v) is 3.26. The molecule has 2 heterocycles. The Hall–Kier alpha value is -1.89. The number of anilines is 1. The van der Waals surface area contributed by atoms with Gasteiger partial charge < -0.3 is 10.1 Å². The number of carbonyl (C=O) groups is 1. The van der Waals surface area contributed by atoms with E-state index in [1.807, 2.05) is 0 Å². The van der Waals surface area contributed by atoms with E-state index in [1.165, 1.54) is 6.07 Å². The first-order chi connectivity index (χ1) is 10.0. The summed E-state index contributed by atoms with van der Waals surface area (Å²) in [5.41, 5.74) is 0.595. The van der Waals surface area contributed by atoms with Crippen molar-refractivity contribution in [3.05, 3.63) is 28.6 Å². The molecule has 4 rings (SSSR count). The predicted octanol–water partition coefficient (Wildman–Crippen LogP) is 2.85. The van der Waals surface area contributed by atoms with Gasteiger partial charge in [0.15, 0.2) is 11.4 Å². The van der Waals surface area contributed by atoms with Crippen molar-refractivity contribution in [2.24, 2.45) is 7.05 Å². The zero-order valence-electron chi connectivity index (χ0n) is 11.1. The van der Waals surface area contributed by atoms with Crippen LogP contribution >= 0.6 is 15.9 Å². The molecule has 1 aromatic heterocycles. The van der Waals surface area contributed by atoms with E-state index in [2.05, 4.69) is 26.3 Å². The number of benzene rings is 1. The number of rotatable bonds is 1. The minimum Gasteiger partial charge on any atom is -0.474 e. The second-order valence-corrected chi connectivity index (χ2v) is 6.11. The second-order valence-electron chi connectivity index (χ2n) is 5.31. The van der Waals surface area contributed by atoms with E-state index in [0.29, 0.717) is 40.0 Å². The summed E-state index contributed by atoms with van der Waals surface area (Å²) in [7, 11) is 1.74. The molecule has 1 aliphatic carbocycles. The van der Waals surface area contributed by atoms with Gasteiger partial charge >= 0.3 is 0 Å². The van der Waals surface area contributed by atoms with Gasteiger partial charge in [0, 0.05) is 32.2 Å². The fraction of sp³-hybridized carbons (Fsp3) is 0.286. The number of aromatic nitrogens is 2. The Bertz CT molecular complexity index is 783. The van der Waals surface area contributed by atoms with E-state index < -0.39 is 11.4 Å². The van der Waals surface area contributed by atoms with Crippen molar-refractivity contribution >= 4 is 27.5 Å². The molecule has 0 bridgehead atoms. The smallest absolute Gasteiger partial charge is 0.268 e. The van der Waals surface area contributed by atoms with Crippen molar-refractivity contribution in [1.82, 2.24) is 9.78 Å². The number of nitrogens with zero attached hydrogens (tertiary/aromatic N) is 2. The summed E-state index contributed by atoms with van der Waals surface area (Å²) in [4.78, 5) is 11.9. The molecule has 7 heteroatoms. The van der Waals surface area contributed by atoms with Crippen LogP contribution in [0.15, 0.2) is 22.8 Å². The number of hydrogen-bond acceptors (Lipinski definition) is 3. The van der Waals surface area contributed by atoms with E-state index >= 15 is 0 Å². The lowest BCUT2D eigenvalue weighted by Gasteiger charge is -2.27. The second kappa shape index (κ2) is 4.07. The van der Waals surface area contributed by atoms with Gasteiger partial charge in [-0.2, -0.15) is 5.10 Å². The van der Waals surface area contributed by atoms with Crippen LogP contribution < -0.4 is 10.1 Å². The number of nitrogens with one attached hydrogen (secondary N) is 1.